The Kier molecular flexibility index (Phi) is 8.20. The van der Waals surface area contributed by atoms with Gasteiger partial charge in [-0.05, 0) is 60.1 Å². The average Bonchev–Trinajstić information content (AvgIpc) is 2.69. The SMILES string of the molecule is CON1C(=O)c2ccc(C)cc2C(C(=O)OC(C)C)(C(C(=O)OC(C)C)C(=O)OC(C)C)C1=O. The summed E-state index contributed by atoms with van der Waals surface area (Å²) in [5.74, 6) is -7.78. The number of aryl methyl sites for hydroxylation is 1. The van der Waals surface area contributed by atoms with Crippen molar-refractivity contribution in [2.75, 3.05) is 7.11 Å². The Morgan fingerprint density at radius 3 is 1.79 bits per heavy atom. The third kappa shape index (κ3) is 4.82. The number of esters is 3. The van der Waals surface area contributed by atoms with Crippen LogP contribution in [0, 0.1) is 12.8 Å². The first-order chi connectivity index (χ1) is 15.8. The zero-order chi connectivity index (χ0) is 26.0. The van der Waals surface area contributed by atoms with Gasteiger partial charge in [-0.2, -0.15) is 0 Å². The molecule has 1 atom stereocenters. The molecule has 1 aromatic carbocycles. The van der Waals surface area contributed by atoms with Crippen LogP contribution in [0.15, 0.2) is 18.2 Å². The Balaban J connectivity index is 3.02. The van der Waals surface area contributed by atoms with Crippen LogP contribution in [0.1, 0.15) is 63.0 Å². The maximum atomic E-state index is 13.9. The second-order valence-electron chi connectivity index (χ2n) is 8.80. The Morgan fingerprint density at radius 2 is 1.35 bits per heavy atom. The highest BCUT2D eigenvalue weighted by molar-refractivity contribution is 6.25. The number of benzene rings is 1. The standard InChI is InChI=1S/C24H31NO9/c1-12(2)32-20(27)18(21(28)33-13(3)4)24(23(30)34-14(5)6)17-11-15(7)9-10-16(17)19(26)25(31-8)22(24)29/h9-14,18H,1-8H3. The van der Waals surface area contributed by atoms with Gasteiger partial charge in [0.2, 0.25) is 0 Å². The molecule has 34 heavy (non-hydrogen) atoms. The fourth-order valence-corrected chi connectivity index (χ4v) is 3.77. The number of hydroxylamine groups is 2. The zero-order valence-corrected chi connectivity index (χ0v) is 20.7. The van der Waals surface area contributed by atoms with Crippen molar-refractivity contribution in [1.29, 1.82) is 0 Å². The molecule has 1 heterocycles. The van der Waals surface area contributed by atoms with Crippen molar-refractivity contribution < 1.29 is 43.0 Å². The third-order valence-electron chi connectivity index (χ3n) is 4.99. The van der Waals surface area contributed by atoms with Crippen LogP contribution in [0.2, 0.25) is 0 Å². The summed E-state index contributed by atoms with van der Waals surface area (Å²) < 4.78 is 16.0. The van der Waals surface area contributed by atoms with Crippen LogP contribution in [-0.2, 0) is 43.6 Å². The number of nitrogens with zero attached hydrogens (tertiary/aromatic N) is 1. The van der Waals surface area contributed by atoms with Gasteiger partial charge in [-0.15, -0.1) is 5.06 Å². The van der Waals surface area contributed by atoms with E-state index < -0.39 is 59.4 Å². The van der Waals surface area contributed by atoms with Gasteiger partial charge in [-0.25, -0.2) is 0 Å². The van der Waals surface area contributed by atoms with Gasteiger partial charge >= 0.3 is 17.9 Å². The average molecular weight is 478 g/mol. The lowest BCUT2D eigenvalue weighted by molar-refractivity contribution is -0.193. The van der Waals surface area contributed by atoms with Crippen LogP contribution in [0.3, 0.4) is 0 Å². The van der Waals surface area contributed by atoms with Crippen molar-refractivity contribution >= 4 is 29.7 Å². The van der Waals surface area contributed by atoms with E-state index in [1.807, 2.05) is 0 Å². The summed E-state index contributed by atoms with van der Waals surface area (Å²) in [7, 11) is 1.06. The van der Waals surface area contributed by atoms with Gasteiger partial charge in [-0.3, -0.25) is 28.8 Å². The molecular formula is C24H31NO9. The van der Waals surface area contributed by atoms with Gasteiger partial charge in [0.05, 0.1) is 25.4 Å². The molecule has 186 valence electrons. The fraction of sp³-hybridized carbons (Fsp3) is 0.542. The maximum absolute atomic E-state index is 13.9. The molecule has 0 aliphatic carbocycles. The van der Waals surface area contributed by atoms with Crippen LogP contribution in [-0.4, -0.2) is 60.2 Å². The minimum Gasteiger partial charge on any atom is -0.462 e. The molecule has 0 spiro atoms. The summed E-state index contributed by atoms with van der Waals surface area (Å²) in [4.78, 5) is 72.4. The Hall–Kier alpha value is -3.27. The predicted molar refractivity (Wildman–Crippen MR) is 118 cm³/mol. The second kappa shape index (κ2) is 10.3. The van der Waals surface area contributed by atoms with Gasteiger partial charge in [0.25, 0.3) is 11.8 Å². The Labute approximate surface area is 198 Å². The van der Waals surface area contributed by atoms with Crippen LogP contribution in [0.25, 0.3) is 0 Å². The molecule has 0 radical (unpaired) electrons. The van der Waals surface area contributed by atoms with Gasteiger partial charge in [0.1, 0.15) is 0 Å². The van der Waals surface area contributed by atoms with E-state index >= 15 is 0 Å². The lowest BCUT2D eigenvalue weighted by atomic mass is 9.65. The molecule has 0 aromatic heterocycles. The first-order valence-corrected chi connectivity index (χ1v) is 10.9. The first kappa shape index (κ1) is 27.0. The lowest BCUT2D eigenvalue weighted by Gasteiger charge is -2.41. The number of rotatable bonds is 8. The van der Waals surface area contributed by atoms with Gasteiger partial charge < -0.3 is 14.2 Å². The van der Waals surface area contributed by atoms with E-state index in [-0.39, 0.29) is 11.1 Å². The molecule has 0 N–H and O–H groups in total. The molecular weight excluding hydrogens is 446 g/mol. The van der Waals surface area contributed by atoms with E-state index in [1.165, 1.54) is 12.1 Å². The molecule has 0 bridgehead atoms. The number of ether oxygens (including phenoxy) is 3. The van der Waals surface area contributed by atoms with Gasteiger partial charge in [-0.1, -0.05) is 17.7 Å². The summed E-state index contributed by atoms with van der Waals surface area (Å²) in [5.41, 5.74) is -2.33. The number of hydrogen-bond donors (Lipinski definition) is 0. The fourth-order valence-electron chi connectivity index (χ4n) is 3.77. The van der Waals surface area contributed by atoms with E-state index in [0.717, 1.165) is 7.11 Å². The van der Waals surface area contributed by atoms with E-state index in [4.69, 9.17) is 19.0 Å². The summed E-state index contributed by atoms with van der Waals surface area (Å²) in [6.45, 7) is 11.0. The summed E-state index contributed by atoms with van der Waals surface area (Å²) in [6.07, 6.45) is -2.09. The van der Waals surface area contributed by atoms with Crippen LogP contribution in [0.5, 0.6) is 0 Å². The molecule has 1 unspecified atom stereocenters. The number of hydrogen-bond acceptors (Lipinski definition) is 9. The minimum atomic E-state index is -2.63. The predicted octanol–water partition coefficient (Wildman–Crippen LogP) is 2.25. The molecule has 10 nitrogen and oxygen atoms in total. The largest absolute Gasteiger partial charge is 0.462 e. The number of amides is 2. The van der Waals surface area contributed by atoms with Crippen LogP contribution >= 0.6 is 0 Å². The summed E-state index contributed by atoms with van der Waals surface area (Å²) in [5, 5.41) is 0.345. The van der Waals surface area contributed by atoms with E-state index in [0.29, 0.717) is 10.6 Å². The highest BCUT2D eigenvalue weighted by Crippen LogP contribution is 2.44. The van der Waals surface area contributed by atoms with E-state index in [2.05, 4.69) is 0 Å². The van der Waals surface area contributed by atoms with Crippen LogP contribution < -0.4 is 0 Å². The molecule has 0 saturated carbocycles. The normalized spacial score (nSPS) is 17.9. The maximum Gasteiger partial charge on any atom is 0.328 e. The monoisotopic (exact) mass is 477 g/mol. The molecule has 2 amide bonds. The highest BCUT2D eigenvalue weighted by Gasteiger charge is 2.68. The number of fused-ring (bicyclic) bond motifs is 1. The molecule has 0 fully saturated rings. The van der Waals surface area contributed by atoms with Crippen molar-refractivity contribution in [3.05, 3.63) is 34.9 Å². The summed E-state index contributed by atoms with van der Waals surface area (Å²) >= 11 is 0. The topological polar surface area (TPSA) is 126 Å². The molecule has 10 heteroatoms. The van der Waals surface area contributed by atoms with E-state index in [9.17, 15) is 24.0 Å². The van der Waals surface area contributed by atoms with Gasteiger partial charge in [0.15, 0.2) is 11.3 Å². The number of carbonyl (C=O) groups excluding carboxylic acids is 5. The van der Waals surface area contributed by atoms with Crippen molar-refractivity contribution in [1.82, 2.24) is 5.06 Å². The minimum absolute atomic E-state index is 0.104. The Bertz CT molecular complexity index is 976. The molecule has 0 saturated heterocycles. The van der Waals surface area contributed by atoms with Crippen molar-refractivity contribution in [3.8, 4) is 0 Å². The molecule has 1 aromatic rings. The van der Waals surface area contributed by atoms with Crippen molar-refractivity contribution in [2.45, 2.75) is 72.2 Å². The lowest BCUT2D eigenvalue weighted by Crippen LogP contribution is -2.65. The highest BCUT2D eigenvalue weighted by atomic mass is 16.7. The van der Waals surface area contributed by atoms with E-state index in [1.54, 1.807) is 54.5 Å². The van der Waals surface area contributed by atoms with Gasteiger partial charge in [0, 0.05) is 5.56 Å². The third-order valence-corrected chi connectivity index (χ3v) is 4.99. The number of imide groups is 1. The molecule has 1 aliphatic rings. The quantitative estimate of drug-likeness (QED) is 0.240. The summed E-state index contributed by atoms with van der Waals surface area (Å²) in [6, 6.07) is 4.38. The van der Waals surface area contributed by atoms with Crippen LogP contribution in [0.4, 0.5) is 0 Å². The second-order valence-corrected chi connectivity index (χ2v) is 8.80. The zero-order valence-electron chi connectivity index (χ0n) is 20.7. The Morgan fingerprint density at radius 1 is 0.853 bits per heavy atom. The molecule has 1 aliphatic heterocycles. The van der Waals surface area contributed by atoms with Crippen molar-refractivity contribution in [3.63, 3.8) is 0 Å². The van der Waals surface area contributed by atoms with Crippen molar-refractivity contribution in [2.24, 2.45) is 5.92 Å². The number of carbonyl (C=O) groups is 5. The molecule has 2 rings (SSSR count). The first-order valence-electron chi connectivity index (χ1n) is 10.9. The smallest absolute Gasteiger partial charge is 0.328 e.